The van der Waals surface area contributed by atoms with Crippen molar-refractivity contribution in [1.82, 2.24) is 15.2 Å². The Morgan fingerprint density at radius 2 is 1.88 bits per heavy atom. The lowest BCUT2D eigenvalue weighted by atomic mass is 10.1. The summed E-state index contributed by atoms with van der Waals surface area (Å²) in [5.41, 5.74) is 1.52. The first kappa shape index (κ1) is 17.7. The van der Waals surface area contributed by atoms with E-state index in [1.807, 2.05) is 43.3 Å². The van der Waals surface area contributed by atoms with Crippen molar-refractivity contribution < 1.29 is 9.53 Å². The predicted molar refractivity (Wildman–Crippen MR) is 93.6 cm³/mol. The number of likely N-dealkylation sites (N-methyl/N-ethyl adjacent to an activating group) is 1. The number of aromatic amines is 1. The maximum atomic E-state index is 12.3. The van der Waals surface area contributed by atoms with Gasteiger partial charge in [-0.2, -0.15) is 0 Å². The molecule has 1 atom stereocenters. The molecule has 0 saturated heterocycles. The summed E-state index contributed by atoms with van der Waals surface area (Å²) in [6.07, 6.45) is 0. The van der Waals surface area contributed by atoms with Gasteiger partial charge in [-0.15, -0.1) is 0 Å². The average molecular weight is 329 g/mol. The highest BCUT2D eigenvalue weighted by molar-refractivity contribution is 5.93. The second-order valence-electron chi connectivity index (χ2n) is 5.85. The Morgan fingerprint density at radius 1 is 1.21 bits per heavy atom. The Balaban J connectivity index is 2.10. The van der Waals surface area contributed by atoms with Gasteiger partial charge in [0.2, 0.25) is 0 Å². The Hall–Kier alpha value is -2.60. The first-order valence-corrected chi connectivity index (χ1v) is 7.71. The number of methoxy groups -OCH3 is 1. The first-order chi connectivity index (χ1) is 11.4. The number of carbonyl (C=O) groups is 1. The summed E-state index contributed by atoms with van der Waals surface area (Å²) in [5.74, 6) is 0.406. The van der Waals surface area contributed by atoms with Gasteiger partial charge in [-0.05, 0) is 50.8 Å². The van der Waals surface area contributed by atoms with Crippen molar-refractivity contribution in [3.05, 3.63) is 63.6 Å². The van der Waals surface area contributed by atoms with Crippen LogP contribution in [-0.4, -0.2) is 43.5 Å². The van der Waals surface area contributed by atoms with Gasteiger partial charge in [-0.1, -0.05) is 12.1 Å². The normalized spacial score (nSPS) is 12.0. The minimum atomic E-state index is -0.378. The molecule has 0 saturated carbocycles. The fraction of sp³-hybridized carbons (Fsp3) is 0.333. The number of amides is 1. The molecule has 2 aromatic rings. The van der Waals surface area contributed by atoms with E-state index >= 15 is 0 Å². The number of nitrogens with one attached hydrogen (secondary N) is 2. The van der Waals surface area contributed by atoms with E-state index in [2.05, 4.69) is 10.3 Å². The maximum Gasteiger partial charge on any atom is 0.260 e. The van der Waals surface area contributed by atoms with Crippen molar-refractivity contribution in [3.63, 3.8) is 0 Å². The van der Waals surface area contributed by atoms with Gasteiger partial charge in [-0.25, -0.2) is 0 Å². The molecule has 0 aliphatic rings. The van der Waals surface area contributed by atoms with Gasteiger partial charge in [0.05, 0.1) is 13.2 Å². The summed E-state index contributed by atoms with van der Waals surface area (Å²) < 4.78 is 5.17. The smallest absolute Gasteiger partial charge is 0.260 e. The van der Waals surface area contributed by atoms with Crippen molar-refractivity contribution in [2.75, 3.05) is 27.7 Å². The van der Waals surface area contributed by atoms with Gasteiger partial charge in [0.25, 0.3) is 11.5 Å². The van der Waals surface area contributed by atoms with Gasteiger partial charge in [-0.3, -0.25) is 9.59 Å². The zero-order chi connectivity index (χ0) is 17.7. The van der Waals surface area contributed by atoms with E-state index in [9.17, 15) is 9.59 Å². The Bertz CT molecular complexity index is 751. The minimum absolute atomic E-state index is 0.00983. The van der Waals surface area contributed by atoms with Crippen LogP contribution >= 0.6 is 0 Å². The number of aromatic nitrogens is 1. The predicted octanol–water partition coefficient (Wildman–Crippen LogP) is 1.72. The fourth-order valence-corrected chi connectivity index (χ4v) is 2.46. The molecule has 0 aliphatic carbocycles. The molecule has 128 valence electrons. The summed E-state index contributed by atoms with van der Waals surface area (Å²) in [4.78, 5) is 28.8. The maximum absolute atomic E-state index is 12.3. The molecular weight excluding hydrogens is 306 g/mol. The molecule has 6 heteroatoms. The summed E-state index contributed by atoms with van der Waals surface area (Å²) in [5, 5.41) is 2.84. The van der Waals surface area contributed by atoms with Crippen LogP contribution in [0.2, 0.25) is 0 Å². The second kappa shape index (κ2) is 7.79. The molecule has 1 amide bonds. The number of aryl methyl sites for hydroxylation is 1. The van der Waals surface area contributed by atoms with Crippen LogP contribution in [0.5, 0.6) is 5.75 Å². The molecule has 0 unspecified atom stereocenters. The quantitative estimate of drug-likeness (QED) is 0.846. The standard InChI is InChI=1S/C18H23N3O3/c1-12-5-10-15(18(23)20-12)17(22)19-11-16(21(2)3)13-6-8-14(24-4)9-7-13/h5-10,16H,11H2,1-4H3,(H,19,22)(H,20,23)/t16-/m1/s1. The number of benzene rings is 1. The third kappa shape index (κ3) is 4.23. The SMILES string of the molecule is COc1ccc([C@@H](CNC(=O)c2ccc(C)[nH]c2=O)N(C)C)cc1. The molecular formula is C18H23N3O3. The molecule has 0 fully saturated rings. The Kier molecular flexibility index (Phi) is 5.76. The molecule has 6 nitrogen and oxygen atoms in total. The molecule has 0 bridgehead atoms. The number of ether oxygens (including phenoxy) is 1. The third-order valence-electron chi connectivity index (χ3n) is 3.88. The van der Waals surface area contributed by atoms with Crippen molar-refractivity contribution >= 4 is 5.91 Å². The van der Waals surface area contributed by atoms with Crippen molar-refractivity contribution in [3.8, 4) is 5.75 Å². The van der Waals surface area contributed by atoms with Crippen LogP contribution in [0.3, 0.4) is 0 Å². The van der Waals surface area contributed by atoms with Gasteiger partial charge in [0, 0.05) is 12.2 Å². The van der Waals surface area contributed by atoms with E-state index in [4.69, 9.17) is 4.74 Å². The van der Waals surface area contributed by atoms with E-state index in [1.165, 1.54) is 0 Å². The van der Waals surface area contributed by atoms with E-state index < -0.39 is 0 Å². The minimum Gasteiger partial charge on any atom is -0.497 e. The van der Waals surface area contributed by atoms with Crippen LogP contribution in [-0.2, 0) is 0 Å². The lowest BCUT2D eigenvalue weighted by Crippen LogP contribution is -2.36. The average Bonchev–Trinajstić information content (AvgIpc) is 2.55. The second-order valence-corrected chi connectivity index (χ2v) is 5.85. The lowest BCUT2D eigenvalue weighted by Gasteiger charge is -2.25. The number of rotatable bonds is 6. The van der Waals surface area contributed by atoms with E-state index in [0.717, 1.165) is 17.0 Å². The van der Waals surface area contributed by atoms with E-state index in [-0.39, 0.29) is 23.1 Å². The molecule has 0 radical (unpaired) electrons. The topological polar surface area (TPSA) is 74.4 Å². The number of H-pyrrole nitrogens is 1. The highest BCUT2D eigenvalue weighted by Gasteiger charge is 2.17. The highest BCUT2D eigenvalue weighted by Crippen LogP contribution is 2.20. The number of carbonyl (C=O) groups excluding carboxylic acids is 1. The molecule has 2 rings (SSSR count). The lowest BCUT2D eigenvalue weighted by molar-refractivity contribution is 0.0940. The zero-order valence-electron chi connectivity index (χ0n) is 14.4. The van der Waals surface area contributed by atoms with E-state index in [0.29, 0.717) is 6.54 Å². The number of pyridine rings is 1. The van der Waals surface area contributed by atoms with Crippen LogP contribution in [0.1, 0.15) is 27.7 Å². The van der Waals surface area contributed by atoms with Gasteiger partial charge in [0.1, 0.15) is 11.3 Å². The van der Waals surface area contributed by atoms with Gasteiger partial charge in [0.15, 0.2) is 0 Å². The Labute approximate surface area is 141 Å². The van der Waals surface area contributed by atoms with E-state index in [1.54, 1.807) is 26.2 Å². The Morgan fingerprint density at radius 3 is 2.42 bits per heavy atom. The molecule has 0 spiro atoms. The molecule has 1 aromatic carbocycles. The highest BCUT2D eigenvalue weighted by atomic mass is 16.5. The first-order valence-electron chi connectivity index (χ1n) is 7.71. The number of hydrogen-bond donors (Lipinski definition) is 2. The van der Waals surface area contributed by atoms with Crippen molar-refractivity contribution in [2.24, 2.45) is 0 Å². The van der Waals surface area contributed by atoms with Crippen LogP contribution in [0.15, 0.2) is 41.2 Å². The largest absolute Gasteiger partial charge is 0.497 e. The molecule has 0 aliphatic heterocycles. The van der Waals surface area contributed by atoms with Crippen LogP contribution in [0, 0.1) is 6.92 Å². The summed E-state index contributed by atoms with van der Waals surface area (Å²) in [6, 6.07) is 11.0. The number of hydrogen-bond acceptors (Lipinski definition) is 4. The fourth-order valence-electron chi connectivity index (χ4n) is 2.46. The molecule has 2 N–H and O–H groups in total. The summed E-state index contributed by atoms with van der Waals surface area (Å²) in [7, 11) is 5.51. The third-order valence-corrected chi connectivity index (χ3v) is 3.88. The summed E-state index contributed by atoms with van der Waals surface area (Å²) in [6.45, 7) is 2.17. The van der Waals surface area contributed by atoms with Gasteiger partial charge < -0.3 is 19.9 Å². The molecule has 24 heavy (non-hydrogen) atoms. The van der Waals surface area contributed by atoms with Gasteiger partial charge >= 0.3 is 0 Å². The molecule has 1 heterocycles. The summed E-state index contributed by atoms with van der Waals surface area (Å²) >= 11 is 0. The monoisotopic (exact) mass is 329 g/mol. The van der Waals surface area contributed by atoms with Crippen LogP contribution < -0.4 is 15.6 Å². The van der Waals surface area contributed by atoms with Crippen molar-refractivity contribution in [2.45, 2.75) is 13.0 Å². The molecule has 1 aromatic heterocycles. The van der Waals surface area contributed by atoms with Crippen molar-refractivity contribution in [1.29, 1.82) is 0 Å². The van der Waals surface area contributed by atoms with Crippen LogP contribution in [0.4, 0.5) is 0 Å². The number of nitrogens with zero attached hydrogens (tertiary/aromatic N) is 1. The van der Waals surface area contributed by atoms with Crippen LogP contribution in [0.25, 0.3) is 0 Å². The zero-order valence-corrected chi connectivity index (χ0v) is 14.4.